The van der Waals surface area contributed by atoms with Gasteiger partial charge in [0.2, 0.25) is 0 Å². The molecule has 0 aliphatic heterocycles. The Kier molecular flexibility index (Phi) is 35.0. The van der Waals surface area contributed by atoms with Gasteiger partial charge in [0.15, 0.2) is 0 Å². The zero-order chi connectivity index (χ0) is 8.24. The molecule has 0 nitrogen and oxygen atoms in total. The van der Waals surface area contributed by atoms with Gasteiger partial charge in [-0.05, 0) is 0 Å². The van der Waals surface area contributed by atoms with E-state index >= 15 is 0 Å². The smallest absolute Gasteiger partial charge is 0.293 e. The van der Waals surface area contributed by atoms with Crippen LogP contribution in [0.3, 0.4) is 0 Å². The molecule has 11 heavy (non-hydrogen) atoms. The molecule has 0 aromatic rings. The number of hydrogen-bond donors (Lipinski definition) is 0. The molecule has 0 atom stereocenters. The standard InChI is InChI=1S/2C5H7.Zr/c2*1-3-5-4-2;/h2*1,3-5H,2H3;/q2*-1;+2. The molecule has 0 radical (unpaired) electrons. The minimum atomic E-state index is 0. The molecule has 0 aromatic heterocycles. The Morgan fingerprint density at radius 2 is 1.09 bits per heavy atom. The van der Waals surface area contributed by atoms with Crippen LogP contribution in [0, 0.1) is 13.2 Å². The third kappa shape index (κ3) is 41.0. The van der Waals surface area contributed by atoms with Crippen LogP contribution in [0.1, 0.15) is 13.8 Å². The van der Waals surface area contributed by atoms with Crippen molar-refractivity contribution < 1.29 is 26.2 Å². The predicted molar refractivity (Wildman–Crippen MR) is 47.4 cm³/mol. The van der Waals surface area contributed by atoms with Crippen LogP contribution in [-0.2, 0) is 26.2 Å². The summed E-state index contributed by atoms with van der Waals surface area (Å²) in [6.07, 6.45) is 10.3. The van der Waals surface area contributed by atoms with E-state index < -0.39 is 0 Å². The quantitative estimate of drug-likeness (QED) is 0.500. The van der Waals surface area contributed by atoms with E-state index in [9.17, 15) is 0 Å². The summed E-state index contributed by atoms with van der Waals surface area (Å²) in [4.78, 5) is 0. The summed E-state index contributed by atoms with van der Waals surface area (Å²) < 4.78 is 0. The average molecular weight is 225 g/mol. The maximum absolute atomic E-state index is 4.93. The van der Waals surface area contributed by atoms with Crippen molar-refractivity contribution in [2.75, 3.05) is 0 Å². The molecule has 0 fully saturated rings. The Bertz CT molecular complexity index is 105. The largest absolute Gasteiger partial charge is 2.00 e. The first-order valence-corrected chi connectivity index (χ1v) is 3.15. The molecular weight excluding hydrogens is 211 g/mol. The zero-order valence-corrected chi connectivity index (χ0v) is 9.58. The van der Waals surface area contributed by atoms with Crippen LogP contribution < -0.4 is 0 Å². The van der Waals surface area contributed by atoms with Gasteiger partial charge in [-0.15, -0.1) is 0 Å². The molecule has 58 valence electrons. The van der Waals surface area contributed by atoms with Crippen molar-refractivity contribution in [1.82, 2.24) is 0 Å². The third-order valence-corrected chi connectivity index (χ3v) is 0.607. The molecule has 0 aliphatic rings. The maximum Gasteiger partial charge on any atom is 2.00 e. The second kappa shape index (κ2) is 22.5. The van der Waals surface area contributed by atoms with Crippen molar-refractivity contribution in [2.24, 2.45) is 0 Å². The van der Waals surface area contributed by atoms with Crippen LogP contribution in [0.5, 0.6) is 0 Å². The van der Waals surface area contributed by atoms with Gasteiger partial charge in [0.05, 0.1) is 0 Å². The molecule has 0 spiro atoms. The van der Waals surface area contributed by atoms with E-state index in [-0.39, 0.29) is 26.2 Å². The summed E-state index contributed by atoms with van der Waals surface area (Å²) in [5, 5.41) is 0. The first-order valence-electron chi connectivity index (χ1n) is 3.15. The maximum atomic E-state index is 4.93. The normalized spacial score (nSPS) is 8.18. The molecule has 0 rings (SSSR count). The van der Waals surface area contributed by atoms with E-state index in [1.807, 2.05) is 26.0 Å². The van der Waals surface area contributed by atoms with Gasteiger partial charge in [0.1, 0.15) is 0 Å². The van der Waals surface area contributed by atoms with Gasteiger partial charge in [-0.2, -0.15) is 12.2 Å². The van der Waals surface area contributed by atoms with Crippen LogP contribution in [0.2, 0.25) is 0 Å². The fourth-order valence-electron chi connectivity index (χ4n) is 0.222. The van der Waals surface area contributed by atoms with Gasteiger partial charge < -0.3 is 0 Å². The number of hydrogen-bond acceptors (Lipinski definition) is 0. The van der Waals surface area contributed by atoms with E-state index in [1.54, 1.807) is 12.2 Å². The summed E-state index contributed by atoms with van der Waals surface area (Å²) >= 11 is 0. The van der Waals surface area contributed by atoms with E-state index in [4.69, 9.17) is 13.2 Å². The van der Waals surface area contributed by atoms with Crippen molar-refractivity contribution in [3.05, 3.63) is 49.6 Å². The molecule has 0 bridgehead atoms. The Morgan fingerprint density at radius 3 is 1.09 bits per heavy atom. The first kappa shape index (κ1) is 17.1. The fraction of sp³-hybridized carbons (Fsp3) is 0.200. The fourth-order valence-corrected chi connectivity index (χ4v) is 0.222. The number of allylic oxidation sites excluding steroid dienone is 6. The Labute approximate surface area is 89.5 Å². The van der Waals surface area contributed by atoms with E-state index in [2.05, 4.69) is 0 Å². The minimum Gasteiger partial charge on any atom is -0.293 e. The SMILES string of the molecule is [CH-]=CC=CC.[CH-]=CC=CC.[Zr+2]. The Morgan fingerprint density at radius 1 is 0.818 bits per heavy atom. The molecule has 0 aliphatic carbocycles. The molecule has 1 heteroatoms. The monoisotopic (exact) mass is 224 g/mol. The molecule has 0 amide bonds. The topological polar surface area (TPSA) is 0 Å². The van der Waals surface area contributed by atoms with Crippen molar-refractivity contribution in [1.29, 1.82) is 0 Å². The third-order valence-electron chi connectivity index (χ3n) is 0.607. The van der Waals surface area contributed by atoms with Gasteiger partial charge in [0, 0.05) is 0 Å². The molecule has 0 unspecified atom stereocenters. The first-order chi connectivity index (χ1) is 4.83. The Balaban J connectivity index is -0.000000107. The second-order valence-corrected chi connectivity index (χ2v) is 1.44. The summed E-state index contributed by atoms with van der Waals surface area (Å²) in [7, 11) is 0. The van der Waals surface area contributed by atoms with Crippen LogP contribution in [-0.4, -0.2) is 0 Å². The molecule has 0 saturated heterocycles. The van der Waals surface area contributed by atoms with Crippen LogP contribution in [0.4, 0.5) is 0 Å². The van der Waals surface area contributed by atoms with Crippen molar-refractivity contribution in [3.8, 4) is 0 Å². The zero-order valence-electron chi connectivity index (χ0n) is 7.12. The van der Waals surface area contributed by atoms with Gasteiger partial charge in [-0.25, -0.2) is 24.3 Å². The van der Waals surface area contributed by atoms with Crippen LogP contribution in [0.15, 0.2) is 36.5 Å². The van der Waals surface area contributed by atoms with Gasteiger partial charge in [-0.1, -0.05) is 13.8 Å². The van der Waals surface area contributed by atoms with Crippen LogP contribution in [0.25, 0.3) is 0 Å². The summed E-state index contributed by atoms with van der Waals surface area (Å²) in [5.41, 5.74) is 0. The molecule has 0 N–H and O–H groups in total. The number of rotatable bonds is 2. The molecular formula is C10H14Zr. The van der Waals surface area contributed by atoms with E-state index in [1.165, 1.54) is 12.2 Å². The van der Waals surface area contributed by atoms with Crippen molar-refractivity contribution in [3.63, 3.8) is 0 Å². The van der Waals surface area contributed by atoms with Gasteiger partial charge >= 0.3 is 26.2 Å². The van der Waals surface area contributed by atoms with E-state index in [0.717, 1.165) is 0 Å². The van der Waals surface area contributed by atoms with Crippen molar-refractivity contribution in [2.45, 2.75) is 13.8 Å². The minimum absolute atomic E-state index is 0. The van der Waals surface area contributed by atoms with E-state index in [0.29, 0.717) is 0 Å². The van der Waals surface area contributed by atoms with Crippen molar-refractivity contribution >= 4 is 0 Å². The molecule has 0 heterocycles. The van der Waals surface area contributed by atoms with Gasteiger partial charge in [0.25, 0.3) is 0 Å². The summed E-state index contributed by atoms with van der Waals surface area (Å²) in [6, 6.07) is 0. The van der Waals surface area contributed by atoms with Gasteiger partial charge in [-0.3, -0.25) is 13.2 Å². The Hall–Kier alpha value is -0.157. The molecule has 0 aromatic carbocycles. The second-order valence-electron chi connectivity index (χ2n) is 1.44. The average Bonchev–Trinajstić information content (AvgIpc) is 1.93. The predicted octanol–water partition coefficient (Wildman–Crippen LogP) is 3.10. The summed E-state index contributed by atoms with van der Waals surface area (Å²) in [6.45, 7) is 13.7. The molecule has 0 saturated carbocycles. The van der Waals surface area contributed by atoms with Crippen LogP contribution >= 0.6 is 0 Å². The summed E-state index contributed by atoms with van der Waals surface area (Å²) in [5.74, 6) is 0.